The molecule has 0 aliphatic rings. The predicted molar refractivity (Wildman–Crippen MR) is 78.6 cm³/mol. The number of carbonyl (C=O) groups excluding carboxylic acids is 1. The number of rotatable bonds is 5. The van der Waals surface area contributed by atoms with Crippen LogP contribution in [0.15, 0.2) is 60.7 Å². The highest BCUT2D eigenvalue weighted by atomic mass is 19.1. The van der Waals surface area contributed by atoms with Gasteiger partial charge in [-0.1, -0.05) is 48.5 Å². The first kappa shape index (κ1) is 14.0. The van der Waals surface area contributed by atoms with Crippen LogP contribution in [-0.4, -0.2) is 12.5 Å². The van der Waals surface area contributed by atoms with Crippen LogP contribution in [0.5, 0.6) is 0 Å². The molecule has 3 heteroatoms. The second kappa shape index (κ2) is 7.24. The first-order valence-electron chi connectivity index (χ1n) is 6.50. The smallest absolute Gasteiger partial charge is 0.244 e. The van der Waals surface area contributed by atoms with Crippen molar-refractivity contribution in [1.29, 1.82) is 0 Å². The van der Waals surface area contributed by atoms with Crippen molar-refractivity contribution < 1.29 is 9.18 Å². The van der Waals surface area contributed by atoms with Crippen molar-refractivity contribution in [1.82, 2.24) is 5.32 Å². The second-order valence-electron chi connectivity index (χ2n) is 4.38. The fourth-order valence-electron chi connectivity index (χ4n) is 1.82. The van der Waals surface area contributed by atoms with Gasteiger partial charge in [0.05, 0.1) is 0 Å². The Morgan fingerprint density at radius 1 is 1.05 bits per heavy atom. The molecule has 20 heavy (non-hydrogen) atoms. The summed E-state index contributed by atoms with van der Waals surface area (Å²) in [4.78, 5) is 11.6. The van der Waals surface area contributed by atoms with E-state index < -0.39 is 0 Å². The minimum atomic E-state index is -0.235. The highest BCUT2D eigenvalue weighted by Crippen LogP contribution is 2.06. The third-order valence-electron chi connectivity index (χ3n) is 2.88. The van der Waals surface area contributed by atoms with Gasteiger partial charge in [-0.3, -0.25) is 4.79 Å². The number of halogens is 1. The fraction of sp³-hybridized carbons (Fsp3) is 0.118. The lowest BCUT2D eigenvalue weighted by molar-refractivity contribution is -0.116. The Morgan fingerprint density at radius 3 is 2.50 bits per heavy atom. The largest absolute Gasteiger partial charge is 0.352 e. The first-order chi connectivity index (χ1) is 9.75. The van der Waals surface area contributed by atoms with E-state index in [1.807, 2.05) is 30.3 Å². The van der Waals surface area contributed by atoms with Gasteiger partial charge in [0.2, 0.25) is 5.91 Å². The van der Waals surface area contributed by atoms with Gasteiger partial charge in [-0.15, -0.1) is 0 Å². The van der Waals surface area contributed by atoms with Crippen LogP contribution in [0.25, 0.3) is 6.08 Å². The van der Waals surface area contributed by atoms with Crippen molar-refractivity contribution in [3.05, 3.63) is 77.6 Å². The maximum absolute atomic E-state index is 13.4. The molecule has 0 heterocycles. The predicted octanol–water partition coefficient (Wildman–Crippen LogP) is 3.20. The van der Waals surface area contributed by atoms with Crippen LogP contribution < -0.4 is 5.32 Å². The summed E-state index contributed by atoms with van der Waals surface area (Å²) in [5.74, 6) is -0.410. The van der Waals surface area contributed by atoms with Crippen LogP contribution in [0.3, 0.4) is 0 Å². The molecule has 0 saturated carbocycles. The molecule has 2 aromatic carbocycles. The van der Waals surface area contributed by atoms with E-state index in [9.17, 15) is 9.18 Å². The zero-order valence-electron chi connectivity index (χ0n) is 11.1. The zero-order chi connectivity index (χ0) is 14.2. The van der Waals surface area contributed by atoms with Crippen molar-refractivity contribution in [3.8, 4) is 0 Å². The monoisotopic (exact) mass is 269 g/mol. The number of carbonyl (C=O) groups is 1. The van der Waals surface area contributed by atoms with E-state index in [-0.39, 0.29) is 11.7 Å². The third kappa shape index (κ3) is 4.35. The van der Waals surface area contributed by atoms with Crippen molar-refractivity contribution >= 4 is 12.0 Å². The lowest BCUT2D eigenvalue weighted by Crippen LogP contribution is -2.23. The Bertz CT molecular complexity index is 593. The minimum absolute atomic E-state index is 0.176. The van der Waals surface area contributed by atoms with E-state index in [1.165, 1.54) is 12.1 Å². The van der Waals surface area contributed by atoms with Crippen LogP contribution >= 0.6 is 0 Å². The molecule has 0 radical (unpaired) electrons. The Balaban J connectivity index is 1.79. The Morgan fingerprint density at radius 2 is 1.75 bits per heavy atom. The Hall–Kier alpha value is -2.42. The third-order valence-corrected chi connectivity index (χ3v) is 2.88. The van der Waals surface area contributed by atoms with Gasteiger partial charge < -0.3 is 5.32 Å². The molecule has 2 nitrogen and oxygen atoms in total. The molecule has 1 amide bonds. The molecule has 0 aromatic heterocycles. The van der Waals surface area contributed by atoms with E-state index in [4.69, 9.17) is 0 Å². The average molecular weight is 269 g/mol. The van der Waals surface area contributed by atoms with E-state index in [1.54, 1.807) is 24.3 Å². The molecule has 0 atom stereocenters. The summed E-state index contributed by atoms with van der Waals surface area (Å²) >= 11 is 0. The molecule has 0 saturated heterocycles. The highest BCUT2D eigenvalue weighted by molar-refractivity contribution is 5.91. The van der Waals surface area contributed by atoms with Gasteiger partial charge in [0, 0.05) is 12.6 Å². The second-order valence-corrected chi connectivity index (χ2v) is 4.38. The van der Waals surface area contributed by atoms with Gasteiger partial charge in [-0.25, -0.2) is 4.39 Å². The molecule has 2 aromatic rings. The molecule has 2 rings (SSSR count). The van der Waals surface area contributed by atoms with Crippen LogP contribution in [0.2, 0.25) is 0 Å². The quantitative estimate of drug-likeness (QED) is 0.830. The van der Waals surface area contributed by atoms with Crippen LogP contribution in [0, 0.1) is 5.82 Å². The Labute approximate surface area is 118 Å². The number of hydrogen-bond acceptors (Lipinski definition) is 1. The summed E-state index contributed by atoms with van der Waals surface area (Å²) in [7, 11) is 0. The van der Waals surface area contributed by atoms with Gasteiger partial charge in [-0.2, -0.15) is 0 Å². The molecule has 1 N–H and O–H groups in total. The standard InChI is InChI=1S/C17H16FNO/c18-16-9-5-4-8-15(16)12-13-19-17(20)11-10-14-6-2-1-3-7-14/h1-11H,12-13H2,(H,19,20)/b11-10+. The molecule has 102 valence electrons. The summed E-state index contributed by atoms with van der Waals surface area (Å²) in [5.41, 5.74) is 1.58. The molecular weight excluding hydrogens is 253 g/mol. The van der Waals surface area contributed by atoms with Gasteiger partial charge in [0.15, 0.2) is 0 Å². The highest BCUT2D eigenvalue weighted by Gasteiger charge is 2.01. The topological polar surface area (TPSA) is 29.1 Å². The number of amides is 1. The van der Waals surface area contributed by atoms with Crippen LogP contribution in [0.4, 0.5) is 4.39 Å². The number of benzene rings is 2. The molecule has 0 unspecified atom stereocenters. The molecule has 0 aliphatic carbocycles. The summed E-state index contributed by atoms with van der Waals surface area (Å²) in [6, 6.07) is 16.2. The van der Waals surface area contributed by atoms with Crippen molar-refractivity contribution in [2.24, 2.45) is 0 Å². The van der Waals surface area contributed by atoms with E-state index >= 15 is 0 Å². The van der Waals surface area contributed by atoms with Gasteiger partial charge in [0.1, 0.15) is 5.82 Å². The summed E-state index contributed by atoms with van der Waals surface area (Å²) < 4.78 is 13.4. The van der Waals surface area contributed by atoms with Crippen molar-refractivity contribution in [2.75, 3.05) is 6.54 Å². The van der Waals surface area contributed by atoms with E-state index in [0.29, 0.717) is 18.5 Å². The number of hydrogen-bond donors (Lipinski definition) is 1. The minimum Gasteiger partial charge on any atom is -0.352 e. The van der Waals surface area contributed by atoms with Crippen molar-refractivity contribution in [2.45, 2.75) is 6.42 Å². The Kier molecular flexibility index (Phi) is 5.07. The zero-order valence-corrected chi connectivity index (χ0v) is 11.1. The lowest BCUT2D eigenvalue weighted by atomic mass is 10.1. The molecule has 0 bridgehead atoms. The van der Waals surface area contributed by atoms with E-state index in [2.05, 4.69) is 5.32 Å². The normalized spacial score (nSPS) is 10.7. The van der Waals surface area contributed by atoms with Crippen LogP contribution in [-0.2, 0) is 11.2 Å². The van der Waals surface area contributed by atoms with Crippen LogP contribution in [0.1, 0.15) is 11.1 Å². The molecule has 0 spiro atoms. The summed E-state index contributed by atoms with van der Waals surface area (Å²) in [6.45, 7) is 0.416. The molecule has 0 fully saturated rings. The van der Waals surface area contributed by atoms with E-state index in [0.717, 1.165) is 5.56 Å². The maximum Gasteiger partial charge on any atom is 0.244 e. The van der Waals surface area contributed by atoms with Gasteiger partial charge in [0.25, 0.3) is 0 Å². The lowest BCUT2D eigenvalue weighted by Gasteiger charge is -2.03. The van der Waals surface area contributed by atoms with Gasteiger partial charge >= 0.3 is 0 Å². The van der Waals surface area contributed by atoms with Crippen molar-refractivity contribution in [3.63, 3.8) is 0 Å². The number of nitrogens with one attached hydrogen (secondary N) is 1. The van der Waals surface area contributed by atoms with Gasteiger partial charge in [-0.05, 0) is 29.7 Å². The first-order valence-corrected chi connectivity index (χ1v) is 6.50. The average Bonchev–Trinajstić information content (AvgIpc) is 2.48. The maximum atomic E-state index is 13.4. The summed E-state index contributed by atoms with van der Waals surface area (Å²) in [6.07, 6.45) is 3.71. The molecule has 0 aliphatic heterocycles. The summed E-state index contributed by atoms with van der Waals surface area (Å²) in [5, 5.41) is 2.74. The molecular formula is C17H16FNO. The fourth-order valence-corrected chi connectivity index (χ4v) is 1.82. The SMILES string of the molecule is O=C(/C=C/c1ccccc1)NCCc1ccccc1F.